The van der Waals surface area contributed by atoms with Gasteiger partial charge < -0.3 is 16.4 Å². The minimum absolute atomic E-state index is 0. The van der Waals surface area contributed by atoms with E-state index >= 15 is 0 Å². The lowest BCUT2D eigenvalue weighted by Gasteiger charge is -2.30. The lowest BCUT2D eigenvalue weighted by molar-refractivity contribution is 0.590. The van der Waals surface area contributed by atoms with Crippen LogP contribution in [-0.2, 0) is 0 Å². The van der Waals surface area contributed by atoms with Gasteiger partial charge in [-0.1, -0.05) is 56.7 Å². The molecular formula is C17H27N3. The minimum Gasteiger partial charge on any atom is -0.368 e. The molecule has 3 rings (SSSR count). The van der Waals surface area contributed by atoms with Gasteiger partial charge in [-0.15, -0.1) is 0 Å². The number of benzene rings is 2. The van der Waals surface area contributed by atoms with Gasteiger partial charge in [-0.3, -0.25) is 0 Å². The SMILES string of the molecule is CCC.N.c1ccc2c(N3CCNCC3)cccc2c1. The zero-order valence-corrected chi connectivity index (χ0v) is 12.7. The van der Waals surface area contributed by atoms with Gasteiger partial charge in [-0.05, 0) is 11.5 Å². The van der Waals surface area contributed by atoms with E-state index in [-0.39, 0.29) is 6.15 Å². The highest BCUT2D eigenvalue weighted by molar-refractivity contribution is 5.94. The number of anilines is 1. The fraction of sp³-hybridized carbons (Fsp3) is 0.412. The molecule has 0 amide bonds. The van der Waals surface area contributed by atoms with Crippen molar-refractivity contribution < 1.29 is 0 Å². The third kappa shape index (κ3) is 3.95. The molecule has 0 aromatic heterocycles. The first-order chi connectivity index (χ1) is 9.36. The highest BCUT2D eigenvalue weighted by Crippen LogP contribution is 2.26. The fourth-order valence-corrected chi connectivity index (χ4v) is 2.39. The van der Waals surface area contributed by atoms with Crippen molar-refractivity contribution >= 4 is 16.5 Å². The van der Waals surface area contributed by atoms with Crippen LogP contribution in [0.3, 0.4) is 0 Å². The third-order valence-electron chi connectivity index (χ3n) is 3.22. The molecule has 0 bridgehead atoms. The molecule has 0 unspecified atom stereocenters. The summed E-state index contributed by atoms with van der Waals surface area (Å²) in [7, 11) is 0. The molecule has 0 aliphatic carbocycles. The van der Waals surface area contributed by atoms with Gasteiger partial charge in [-0.25, -0.2) is 0 Å². The van der Waals surface area contributed by atoms with Gasteiger partial charge in [0.25, 0.3) is 0 Å². The maximum atomic E-state index is 3.39. The Kier molecular flexibility index (Phi) is 7.05. The topological polar surface area (TPSA) is 50.3 Å². The molecule has 3 nitrogen and oxygen atoms in total. The Bertz CT molecular complexity index is 499. The van der Waals surface area contributed by atoms with Crippen LogP contribution in [0, 0.1) is 0 Å². The van der Waals surface area contributed by atoms with Crippen molar-refractivity contribution in [3.05, 3.63) is 42.5 Å². The third-order valence-corrected chi connectivity index (χ3v) is 3.22. The molecule has 4 N–H and O–H groups in total. The average molecular weight is 273 g/mol. The van der Waals surface area contributed by atoms with Crippen molar-refractivity contribution in [2.24, 2.45) is 0 Å². The van der Waals surface area contributed by atoms with Gasteiger partial charge in [0, 0.05) is 37.3 Å². The fourth-order valence-electron chi connectivity index (χ4n) is 2.39. The molecule has 0 radical (unpaired) electrons. The molecule has 1 saturated heterocycles. The normalized spacial score (nSPS) is 14.2. The molecule has 1 heterocycles. The summed E-state index contributed by atoms with van der Waals surface area (Å²) < 4.78 is 0. The number of piperazine rings is 1. The second-order valence-corrected chi connectivity index (χ2v) is 4.94. The summed E-state index contributed by atoms with van der Waals surface area (Å²) in [6, 6.07) is 15.2. The number of nitrogens with zero attached hydrogens (tertiary/aromatic N) is 1. The quantitative estimate of drug-likeness (QED) is 0.830. The Hall–Kier alpha value is -1.58. The lowest BCUT2D eigenvalue weighted by atomic mass is 10.1. The van der Waals surface area contributed by atoms with Crippen molar-refractivity contribution in [2.45, 2.75) is 20.3 Å². The summed E-state index contributed by atoms with van der Waals surface area (Å²) in [5.74, 6) is 0. The van der Waals surface area contributed by atoms with E-state index in [0.29, 0.717) is 0 Å². The molecule has 110 valence electrons. The van der Waals surface area contributed by atoms with E-state index in [1.807, 2.05) is 0 Å². The van der Waals surface area contributed by atoms with E-state index in [0.717, 1.165) is 26.2 Å². The van der Waals surface area contributed by atoms with Crippen LogP contribution in [-0.4, -0.2) is 26.2 Å². The Morgan fingerprint density at radius 2 is 1.55 bits per heavy atom. The predicted octanol–water partition coefficient (Wildman–Crippen LogP) is 3.83. The minimum atomic E-state index is 0. The van der Waals surface area contributed by atoms with Crippen molar-refractivity contribution in [1.29, 1.82) is 0 Å². The monoisotopic (exact) mass is 273 g/mol. The van der Waals surface area contributed by atoms with E-state index in [2.05, 4.69) is 66.5 Å². The maximum Gasteiger partial charge on any atom is 0.0446 e. The number of rotatable bonds is 1. The first kappa shape index (κ1) is 16.5. The zero-order chi connectivity index (χ0) is 13.5. The molecule has 0 spiro atoms. The van der Waals surface area contributed by atoms with E-state index < -0.39 is 0 Å². The highest BCUT2D eigenvalue weighted by Gasteiger charge is 2.12. The summed E-state index contributed by atoms with van der Waals surface area (Å²) in [4.78, 5) is 2.47. The molecule has 1 aliphatic heterocycles. The first-order valence-corrected chi connectivity index (χ1v) is 7.30. The second-order valence-electron chi connectivity index (χ2n) is 4.94. The van der Waals surface area contributed by atoms with Crippen molar-refractivity contribution in [1.82, 2.24) is 11.5 Å². The van der Waals surface area contributed by atoms with E-state index in [1.54, 1.807) is 0 Å². The van der Waals surface area contributed by atoms with E-state index in [9.17, 15) is 0 Å². The van der Waals surface area contributed by atoms with Gasteiger partial charge in [-0.2, -0.15) is 0 Å². The molecule has 1 fully saturated rings. The standard InChI is InChI=1S/C14H16N2.C3H8.H3N/c1-2-6-13-12(4-1)5-3-7-14(13)16-10-8-15-9-11-16;1-3-2;/h1-7,15H,8-11H2;3H2,1-2H3;1H3. The largest absolute Gasteiger partial charge is 0.368 e. The molecular weight excluding hydrogens is 246 g/mol. The van der Waals surface area contributed by atoms with Crippen LogP contribution in [0.4, 0.5) is 5.69 Å². The van der Waals surface area contributed by atoms with Crippen LogP contribution in [0.15, 0.2) is 42.5 Å². The molecule has 0 saturated carbocycles. The van der Waals surface area contributed by atoms with Crippen LogP contribution < -0.4 is 16.4 Å². The van der Waals surface area contributed by atoms with E-state index in [4.69, 9.17) is 0 Å². The summed E-state index contributed by atoms with van der Waals surface area (Å²) >= 11 is 0. The summed E-state index contributed by atoms with van der Waals surface area (Å²) in [6.07, 6.45) is 1.25. The van der Waals surface area contributed by atoms with Gasteiger partial charge in [0.15, 0.2) is 0 Å². The Morgan fingerprint density at radius 1 is 0.950 bits per heavy atom. The van der Waals surface area contributed by atoms with Gasteiger partial charge >= 0.3 is 0 Å². The maximum absolute atomic E-state index is 3.39. The predicted molar refractivity (Wildman–Crippen MR) is 90.0 cm³/mol. The molecule has 3 heteroatoms. The molecule has 0 atom stereocenters. The van der Waals surface area contributed by atoms with Crippen molar-refractivity contribution in [3.8, 4) is 0 Å². The summed E-state index contributed by atoms with van der Waals surface area (Å²) in [6.45, 7) is 8.63. The molecule has 2 aromatic rings. The van der Waals surface area contributed by atoms with E-state index in [1.165, 1.54) is 22.9 Å². The highest BCUT2D eigenvalue weighted by atomic mass is 15.2. The van der Waals surface area contributed by atoms with Gasteiger partial charge in [0.05, 0.1) is 0 Å². The first-order valence-electron chi connectivity index (χ1n) is 7.30. The number of hydrogen-bond donors (Lipinski definition) is 2. The Morgan fingerprint density at radius 3 is 2.25 bits per heavy atom. The summed E-state index contributed by atoms with van der Waals surface area (Å²) in [5.41, 5.74) is 1.37. The second kappa shape index (κ2) is 8.56. The lowest BCUT2D eigenvalue weighted by Crippen LogP contribution is -2.43. The van der Waals surface area contributed by atoms with Gasteiger partial charge in [0.1, 0.15) is 0 Å². The Balaban J connectivity index is 0.000000462. The van der Waals surface area contributed by atoms with Crippen molar-refractivity contribution in [2.75, 3.05) is 31.1 Å². The Labute approximate surface area is 122 Å². The number of hydrogen-bond acceptors (Lipinski definition) is 3. The van der Waals surface area contributed by atoms with Crippen LogP contribution in [0.2, 0.25) is 0 Å². The van der Waals surface area contributed by atoms with Crippen LogP contribution in [0.5, 0.6) is 0 Å². The van der Waals surface area contributed by atoms with Crippen LogP contribution in [0.1, 0.15) is 20.3 Å². The van der Waals surface area contributed by atoms with Gasteiger partial charge in [0.2, 0.25) is 0 Å². The number of nitrogens with one attached hydrogen (secondary N) is 1. The smallest absolute Gasteiger partial charge is 0.0446 e. The van der Waals surface area contributed by atoms with Crippen LogP contribution in [0.25, 0.3) is 10.8 Å². The van der Waals surface area contributed by atoms with Crippen molar-refractivity contribution in [3.63, 3.8) is 0 Å². The summed E-state index contributed by atoms with van der Waals surface area (Å²) in [5, 5.41) is 6.09. The molecule has 20 heavy (non-hydrogen) atoms. The number of fused-ring (bicyclic) bond motifs is 1. The zero-order valence-electron chi connectivity index (χ0n) is 12.7. The molecule has 1 aliphatic rings. The average Bonchev–Trinajstić information content (AvgIpc) is 2.48. The molecule has 2 aromatic carbocycles. The van der Waals surface area contributed by atoms with Crippen LogP contribution >= 0.6 is 0 Å².